The summed E-state index contributed by atoms with van der Waals surface area (Å²) in [4.78, 5) is 7.11. The number of aromatic nitrogens is 3. The van der Waals surface area contributed by atoms with Gasteiger partial charge in [-0.2, -0.15) is 4.39 Å². The largest absolute Gasteiger partial charge is 0.314 e. The summed E-state index contributed by atoms with van der Waals surface area (Å²) in [6.07, 6.45) is 1.15. The van der Waals surface area contributed by atoms with Crippen LogP contribution in [0.3, 0.4) is 0 Å². The molecule has 1 N–H and O–H groups in total. The van der Waals surface area contributed by atoms with Gasteiger partial charge in [-0.15, -0.1) is 0 Å². The summed E-state index contributed by atoms with van der Waals surface area (Å²) in [5.41, 5.74) is -0.121. The second kappa shape index (κ2) is 7.34. The molecule has 10 heteroatoms. The van der Waals surface area contributed by atoms with Gasteiger partial charge in [0.1, 0.15) is 16.4 Å². The Labute approximate surface area is 159 Å². The van der Waals surface area contributed by atoms with Crippen LogP contribution in [0.5, 0.6) is 0 Å². The molecule has 0 bridgehead atoms. The number of imidazole rings is 1. The third-order valence-electron chi connectivity index (χ3n) is 3.84. The van der Waals surface area contributed by atoms with E-state index in [1.807, 2.05) is 0 Å². The number of rotatable bonds is 5. The molecule has 0 spiro atoms. The lowest BCUT2D eigenvalue weighted by atomic mass is 10.3. The second-order valence-electron chi connectivity index (χ2n) is 5.66. The maximum Gasteiger partial charge on any atom is 0.245 e. The van der Waals surface area contributed by atoms with E-state index >= 15 is 4.39 Å². The van der Waals surface area contributed by atoms with Crippen molar-refractivity contribution in [2.75, 3.05) is 7.05 Å². The van der Waals surface area contributed by atoms with E-state index in [0.29, 0.717) is 0 Å². The van der Waals surface area contributed by atoms with Gasteiger partial charge in [0.2, 0.25) is 20.9 Å². The van der Waals surface area contributed by atoms with Gasteiger partial charge in [0, 0.05) is 12.7 Å². The molecule has 0 atom stereocenters. The summed E-state index contributed by atoms with van der Waals surface area (Å²) >= 11 is 6.14. The van der Waals surface area contributed by atoms with E-state index < -0.39 is 31.7 Å². The summed E-state index contributed by atoms with van der Waals surface area (Å²) in [7, 11) is -2.97. The Hall–Kier alpha value is -2.36. The maximum absolute atomic E-state index is 15.0. The van der Waals surface area contributed by atoms with Gasteiger partial charge in [0.25, 0.3) is 0 Å². The Morgan fingerprint density at radius 1 is 1.22 bits per heavy atom. The summed E-state index contributed by atoms with van der Waals surface area (Å²) in [5, 5.41) is 2.16. The quantitative estimate of drug-likeness (QED) is 0.697. The molecule has 27 heavy (non-hydrogen) atoms. The predicted molar refractivity (Wildman–Crippen MR) is 95.7 cm³/mol. The normalized spacial score (nSPS) is 11.7. The monoisotopic (exact) mass is 412 g/mol. The van der Waals surface area contributed by atoms with E-state index in [4.69, 9.17) is 11.6 Å². The zero-order valence-electron chi connectivity index (χ0n) is 14.4. The van der Waals surface area contributed by atoms with E-state index in [2.05, 4.69) is 15.3 Å². The molecule has 0 fully saturated rings. The molecule has 142 valence electrons. The number of hydrogen-bond acceptors (Lipinski definition) is 5. The molecule has 0 unspecified atom stereocenters. The summed E-state index contributed by atoms with van der Waals surface area (Å²) < 4.78 is 56.4. The van der Waals surface area contributed by atoms with Crippen molar-refractivity contribution >= 4 is 21.4 Å². The Kier molecular flexibility index (Phi) is 5.27. The molecular formula is C17H15ClF2N4O2S. The topological polar surface area (TPSA) is 76.9 Å². The molecule has 3 aromatic rings. The van der Waals surface area contributed by atoms with Gasteiger partial charge in [-0.1, -0.05) is 23.7 Å². The number of hydrogen-bond donors (Lipinski definition) is 1. The molecule has 2 aromatic heterocycles. The van der Waals surface area contributed by atoms with Crippen molar-refractivity contribution in [3.63, 3.8) is 0 Å². The number of para-hydroxylation sites is 1. The van der Waals surface area contributed by atoms with Crippen molar-refractivity contribution in [3.8, 4) is 5.69 Å². The van der Waals surface area contributed by atoms with Gasteiger partial charge in [-0.05, 0) is 32.2 Å². The predicted octanol–water partition coefficient (Wildman–Crippen LogP) is 3.06. The molecule has 0 saturated heterocycles. The van der Waals surface area contributed by atoms with Crippen LogP contribution < -0.4 is 5.32 Å². The Morgan fingerprint density at radius 3 is 2.56 bits per heavy atom. The van der Waals surface area contributed by atoms with Crippen LogP contribution in [0.4, 0.5) is 8.78 Å². The van der Waals surface area contributed by atoms with Gasteiger partial charge >= 0.3 is 0 Å². The minimum atomic E-state index is -4.53. The first kappa shape index (κ1) is 19.4. The third-order valence-corrected chi connectivity index (χ3v) is 5.94. The van der Waals surface area contributed by atoms with E-state index in [-0.39, 0.29) is 28.6 Å². The molecule has 0 saturated carbocycles. The van der Waals surface area contributed by atoms with Crippen LogP contribution in [0.15, 0.2) is 46.6 Å². The highest BCUT2D eigenvalue weighted by molar-refractivity contribution is 7.91. The number of pyridine rings is 1. The lowest BCUT2D eigenvalue weighted by Gasteiger charge is -2.12. The Morgan fingerprint density at radius 2 is 1.93 bits per heavy atom. The van der Waals surface area contributed by atoms with E-state index in [1.165, 1.54) is 19.1 Å². The molecule has 1 aromatic carbocycles. The third kappa shape index (κ3) is 3.33. The number of halogens is 3. The molecule has 0 amide bonds. The number of aryl methyl sites for hydroxylation is 1. The summed E-state index contributed by atoms with van der Waals surface area (Å²) in [6, 6.07) is 7.05. The molecule has 0 aliphatic heterocycles. The summed E-state index contributed by atoms with van der Waals surface area (Å²) in [6.45, 7) is 1.32. The molecule has 3 rings (SSSR count). The average Bonchev–Trinajstić information content (AvgIpc) is 2.93. The van der Waals surface area contributed by atoms with Gasteiger partial charge < -0.3 is 5.32 Å². The lowest BCUT2D eigenvalue weighted by molar-refractivity contribution is 0.520. The van der Waals surface area contributed by atoms with Crippen LogP contribution in [-0.4, -0.2) is 30.0 Å². The van der Waals surface area contributed by atoms with Crippen molar-refractivity contribution in [2.24, 2.45) is 0 Å². The van der Waals surface area contributed by atoms with Crippen LogP contribution in [0.25, 0.3) is 5.69 Å². The maximum atomic E-state index is 15.0. The molecule has 0 radical (unpaired) electrons. The SMILES string of the molecule is CNCc1nc(S(=O)(=O)c2c(F)ccnc2C)n(-c2ccccc2Cl)c1F. The number of nitrogens with zero attached hydrogens (tertiary/aromatic N) is 3. The van der Waals surface area contributed by atoms with E-state index in [9.17, 15) is 12.8 Å². The Bertz CT molecular complexity index is 1100. The molecule has 6 nitrogen and oxygen atoms in total. The first-order chi connectivity index (χ1) is 12.8. The fourth-order valence-corrected chi connectivity index (χ4v) is 4.48. The van der Waals surface area contributed by atoms with Crippen LogP contribution >= 0.6 is 11.6 Å². The second-order valence-corrected chi connectivity index (χ2v) is 7.85. The van der Waals surface area contributed by atoms with Crippen molar-refractivity contribution in [1.29, 1.82) is 0 Å². The number of sulfone groups is 1. The lowest BCUT2D eigenvalue weighted by Crippen LogP contribution is -2.15. The molecule has 0 aliphatic rings. The zero-order chi connectivity index (χ0) is 19.8. The molecule has 0 aliphatic carbocycles. The minimum absolute atomic E-state index is 0.0275. The van der Waals surface area contributed by atoms with Gasteiger partial charge in [-0.25, -0.2) is 17.8 Å². The van der Waals surface area contributed by atoms with Gasteiger partial charge in [0.05, 0.1) is 16.4 Å². The van der Waals surface area contributed by atoms with Crippen LogP contribution in [0.2, 0.25) is 5.02 Å². The smallest absolute Gasteiger partial charge is 0.245 e. The van der Waals surface area contributed by atoms with E-state index in [1.54, 1.807) is 19.2 Å². The summed E-state index contributed by atoms with van der Waals surface area (Å²) in [5.74, 6) is -1.90. The van der Waals surface area contributed by atoms with Gasteiger partial charge in [-0.3, -0.25) is 9.55 Å². The average molecular weight is 413 g/mol. The van der Waals surface area contributed by atoms with Crippen molar-refractivity contribution in [2.45, 2.75) is 23.5 Å². The first-order valence-corrected chi connectivity index (χ1v) is 9.68. The fourth-order valence-electron chi connectivity index (χ4n) is 2.66. The van der Waals surface area contributed by atoms with Crippen molar-refractivity contribution in [3.05, 3.63) is 64.7 Å². The van der Waals surface area contributed by atoms with Crippen LogP contribution in [-0.2, 0) is 16.4 Å². The zero-order valence-corrected chi connectivity index (χ0v) is 15.9. The minimum Gasteiger partial charge on any atom is -0.314 e. The van der Waals surface area contributed by atoms with Crippen LogP contribution in [0.1, 0.15) is 11.4 Å². The van der Waals surface area contributed by atoms with Crippen LogP contribution in [0, 0.1) is 18.7 Å². The Balaban J connectivity index is 2.36. The molecule has 2 heterocycles. The standard InChI is InChI=1S/C17H15ClF2N4O2S/c1-10-15(12(19)7-8-22-10)27(25,26)17-23-13(9-21-2)16(20)24(17)14-6-4-3-5-11(14)18/h3-8,21H,9H2,1-2H3. The highest BCUT2D eigenvalue weighted by atomic mass is 35.5. The van der Waals surface area contributed by atoms with Crippen molar-refractivity contribution in [1.82, 2.24) is 19.9 Å². The van der Waals surface area contributed by atoms with E-state index in [0.717, 1.165) is 16.8 Å². The number of nitrogens with one attached hydrogen (secondary N) is 1. The molecular weight excluding hydrogens is 398 g/mol. The fraction of sp³-hybridized carbons (Fsp3) is 0.176. The highest BCUT2D eigenvalue weighted by Gasteiger charge is 2.33. The highest BCUT2D eigenvalue weighted by Crippen LogP contribution is 2.31. The first-order valence-electron chi connectivity index (χ1n) is 7.81. The van der Waals surface area contributed by atoms with Crippen molar-refractivity contribution < 1.29 is 17.2 Å². The number of benzene rings is 1. The van der Waals surface area contributed by atoms with Gasteiger partial charge in [0.15, 0.2) is 0 Å².